The van der Waals surface area contributed by atoms with Crippen LogP contribution in [0.3, 0.4) is 0 Å². The van der Waals surface area contributed by atoms with Crippen LogP contribution in [-0.4, -0.2) is 25.2 Å². The van der Waals surface area contributed by atoms with Gasteiger partial charge in [-0.3, -0.25) is 0 Å². The van der Waals surface area contributed by atoms with Crippen molar-refractivity contribution in [3.63, 3.8) is 0 Å². The van der Waals surface area contributed by atoms with Gasteiger partial charge in [0.05, 0.1) is 18.8 Å². The van der Waals surface area contributed by atoms with E-state index in [1.807, 2.05) is 6.07 Å². The van der Waals surface area contributed by atoms with E-state index < -0.39 is 11.9 Å². The molecule has 0 atom stereocenters. The average Bonchev–Trinajstić information content (AvgIpc) is 2.68. The van der Waals surface area contributed by atoms with Gasteiger partial charge in [-0.05, 0) is 55.8 Å². The molecule has 2 aromatic rings. The zero-order valence-corrected chi connectivity index (χ0v) is 17.0. The summed E-state index contributed by atoms with van der Waals surface area (Å²) < 4.78 is 16.6. The SMILES string of the molecule is CCOC(=O)/C(C#N)=C/c1ccc(OC(=O)c2cccc(Br)c2)c(OCC)c1. The minimum absolute atomic E-state index is 0.136. The Morgan fingerprint density at radius 1 is 1.11 bits per heavy atom. The van der Waals surface area contributed by atoms with Crippen molar-refractivity contribution in [1.82, 2.24) is 0 Å². The lowest BCUT2D eigenvalue weighted by Crippen LogP contribution is -2.10. The average molecular weight is 444 g/mol. The summed E-state index contributed by atoms with van der Waals surface area (Å²) in [7, 11) is 0. The van der Waals surface area contributed by atoms with E-state index in [2.05, 4.69) is 15.9 Å². The van der Waals surface area contributed by atoms with Crippen LogP contribution in [0.15, 0.2) is 52.5 Å². The Kier molecular flexibility index (Phi) is 7.78. The van der Waals surface area contributed by atoms with E-state index in [1.165, 1.54) is 6.08 Å². The van der Waals surface area contributed by atoms with Crippen LogP contribution in [0.4, 0.5) is 0 Å². The first-order chi connectivity index (χ1) is 13.5. The summed E-state index contributed by atoms with van der Waals surface area (Å²) in [5, 5.41) is 9.16. The molecule has 2 aromatic carbocycles. The Morgan fingerprint density at radius 3 is 2.54 bits per heavy atom. The molecule has 6 nitrogen and oxygen atoms in total. The number of benzene rings is 2. The fourth-order valence-electron chi connectivity index (χ4n) is 2.25. The fraction of sp³-hybridized carbons (Fsp3) is 0.190. The summed E-state index contributed by atoms with van der Waals surface area (Å²) in [6, 6.07) is 13.4. The van der Waals surface area contributed by atoms with E-state index in [-0.39, 0.29) is 17.9 Å². The van der Waals surface area contributed by atoms with E-state index in [0.29, 0.717) is 23.5 Å². The largest absolute Gasteiger partial charge is 0.490 e. The van der Waals surface area contributed by atoms with Gasteiger partial charge in [0.2, 0.25) is 0 Å². The van der Waals surface area contributed by atoms with Crippen molar-refractivity contribution in [2.24, 2.45) is 0 Å². The number of halogens is 1. The third kappa shape index (κ3) is 5.69. The van der Waals surface area contributed by atoms with Gasteiger partial charge < -0.3 is 14.2 Å². The van der Waals surface area contributed by atoms with Crippen LogP contribution in [0.2, 0.25) is 0 Å². The van der Waals surface area contributed by atoms with Gasteiger partial charge in [0.15, 0.2) is 11.5 Å². The van der Waals surface area contributed by atoms with E-state index in [0.717, 1.165) is 4.47 Å². The van der Waals surface area contributed by atoms with E-state index in [4.69, 9.17) is 19.5 Å². The molecule has 0 amide bonds. The number of ether oxygens (including phenoxy) is 3. The van der Waals surface area contributed by atoms with Crippen molar-refractivity contribution in [2.75, 3.05) is 13.2 Å². The molecule has 0 fully saturated rings. The smallest absolute Gasteiger partial charge is 0.348 e. The molecule has 144 valence electrons. The Balaban J connectivity index is 2.31. The lowest BCUT2D eigenvalue weighted by molar-refractivity contribution is -0.137. The number of esters is 2. The second-order valence-corrected chi connectivity index (χ2v) is 6.35. The summed E-state index contributed by atoms with van der Waals surface area (Å²) in [4.78, 5) is 24.1. The fourth-order valence-corrected chi connectivity index (χ4v) is 2.65. The summed E-state index contributed by atoms with van der Waals surface area (Å²) in [6.45, 7) is 3.97. The summed E-state index contributed by atoms with van der Waals surface area (Å²) in [6.07, 6.45) is 1.39. The van der Waals surface area contributed by atoms with E-state index in [1.54, 1.807) is 56.3 Å². The third-order valence-electron chi connectivity index (χ3n) is 3.46. The Labute approximate surface area is 171 Å². The maximum atomic E-state index is 12.4. The normalized spacial score (nSPS) is 10.7. The standard InChI is InChI=1S/C21H18BrNO5/c1-3-26-19-11-14(10-16(13-23)20(24)27-4-2)8-9-18(19)28-21(25)15-6-5-7-17(22)12-15/h5-12H,3-4H2,1-2H3/b16-10+. The van der Waals surface area contributed by atoms with Gasteiger partial charge in [-0.15, -0.1) is 0 Å². The lowest BCUT2D eigenvalue weighted by Gasteiger charge is -2.12. The van der Waals surface area contributed by atoms with Gasteiger partial charge in [-0.1, -0.05) is 28.1 Å². The zero-order chi connectivity index (χ0) is 20.5. The highest BCUT2D eigenvalue weighted by Gasteiger charge is 2.15. The van der Waals surface area contributed by atoms with Crippen LogP contribution in [0.5, 0.6) is 11.5 Å². The number of hydrogen-bond donors (Lipinski definition) is 0. The maximum absolute atomic E-state index is 12.4. The molecule has 0 N–H and O–H groups in total. The number of carbonyl (C=O) groups excluding carboxylic acids is 2. The van der Waals surface area contributed by atoms with Crippen molar-refractivity contribution in [2.45, 2.75) is 13.8 Å². The molecule has 0 radical (unpaired) electrons. The van der Waals surface area contributed by atoms with E-state index >= 15 is 0 Å². The first kappa shape index (κ1) is 21.2. The number of rotatable bonds is 7. The molecule has 0 bridgehead atoms. The highest BCUT2D eigenvalue weighted by atomic mass is 79.9. The van der Waals surface area contributed by atoms with Crippen LogP contribution in [0, 0.1) is 11.3 Å². The lowest BCUT2D eigenvalue weighted by atomic mass is 10.1. The molecule has 0 heterocycles. The van der Waals surface area contributed by atoms with Crippen molar-refractivity contribution in [3.8, 4) is 17.6 Å². The molecular formula is C21H18BrNO5. The summed E-state index contributed by atoms with van der Waals surface area (Å²) in [5.74, 6) is -0.678. The van der Waals surface area contributed by atoms with Gasteiger partial charge in [0.1, 0.15) is 11.6 Å². The van der Waals surface area contributed by atoms with Crippen LogP contribution in [-0.2, 0) is 9.53 Å². The van der Waals surface area contributed by atoms with Crippen molar-refractivity contribution in [1.29, 1.82) is 5.26 Å². The molecule has 0 aromatic heterocycles. The molecule has 2 rings (SSSR count). The number of nitriles is 1. The molecule has 0 spiro atoms. The first-order valence-corrected chi connectivity index (χ1v) is 9.31. The topological polar surface area (TPSA) is 85.6 Å². The van der Waals surface area contributed by atoms with Crippen molar-refractivity contribution >= 4 is 33.9 Å². The minimum atomic E-state index is -0.701. The molecule has 0 saturated heterocycles. The van der Waals surface area contributed by atoms with Crippen LogP contribution >= 0.6 is 15.9 Å². The predicted molar refractivity (Wildman–Crippen MR) is 107 cm³/mol. The molecular weight excluding hydrogens is 426 g/mol. The number of carbonyl (C=O) groups is 2. The van der Waals surface area contributed by atoms with Crippen LogP contribution in [0.25, 0.3) is 6.08 Å². The molecule has 0 saturated carbocycles. The van der Waals surface area contributed by atoms with Gasteiger partial charge in [0, 0.05) is 4.47 Å². The van der Waals surface area contributed by atoms with Gasteiger partial charge in [0.25, 0.3) is 0 Å². The second kappa shape index (κ2) is 10.3. The first-order valence-electron chi connectivity index (χ1n) is 8.52. The van der Waals surface area contributed by atoms with Crippen LogP contribution in [0.1, 0.15) is 29.8 Å². The maximum Gasteiger partial charge on any atom is 0.348 e. The number of hydrogen-bond acceptors (Lipinski definition) is 6. The summed E-state index contributed by atoms with van der Waals surface area (Å²) in [5.41, 5.74) is 0.786. The van der Waals surface area contributed by atoms with Gasteiger partial charge in [-0.25, -0.2) is 9.59 Å². The van der Waals surface area contributed by atoms with Crippen molar-refractivity contribution in [3.05, 3.63) is 63.6 Å². The Morgan fingerprint density at radius 2 is 1.89 bits per heavy atom. The summed E-state index contributed by atoms with van der Waals surface area (Å²) >= 11 is 3.31. The highest BCUT2D eigenvalue weighted by molar-refractivity contribution is 9.10. The van der Waals surface area contributed by atoms with Gasteiger partial charge >= 0.3 is 11.9 Å². The quantitative estimate of drug-likeness (QED) is 0.270. The van der Waals surface area contributed by atoms with Crippen molar-refractivity contribution < 1.29 is 23.8 Å². The minimum Gasteiger partial charge on any atom is -0.490 e. The van der Waals surface area contributed by atoms with Gasteiger partial charge in [-0.2, -0.15) is 5.26 Å². The molecule has 0 aliphatic rings. The molecule has 7 heteroatoms. The molecule has 28 heavy (non-hydrogen) atoms. The van der Waals surface area contributed by atoms with Crippen LogP contribution < -0.4 is 9.47 Å². The molecule has 0 aliphatic heterocycles. The van der Waals surface area contributed by atoms with E-state index in [9.17, 15) is 9.59 Å². The monoisotopic (exact) mass is 443 g/mol. The Bertz CT molecular complexity index is 946. The molecule has 0 aliphatic carbocycles. The number of nitrogens with zero attached hydrogens (tertiary/aromatic N) is 1. The third-order valence-corrected chi connectivity index (χ3v) is 3.95. The second-order valence-electron chi connectivity index (χ2n) is 5.43. The Hall–Kier alpha value is -3.11. The molecule has 0 unspecified atom stereocenters. The predicted octanol–water partition coefficient (Wildman–Crippen LogP) is 4.54. The zero-order valence-electron chi connectivity index (χ0n) is 15.4. The highest BCUT2D eigenvalue weighted by Crippen LogP contribution is 2.30.